The Hall–Kier alpha value is -1.60. The van der Waals surface area contributed by atoms with E-state index in [4.69, 9.17) is 0 Å². The highest BCUT2D eigenvalue weighted by atomic mass is 15.2. The highest BCUT2D eigenvalue weighted by Gasteiger charge is 2.31. The van der Waals surface area contributed by atoms with E-state index in [0.29, 0.717) is 12.1 Å². The third-order valence-corrected chi connectivity index (χ3v) is 5.21. The molecule has 2 aromatic carbocycles. The molecular formula is C19H21N. The van der Waals surface area contributed by atoms with Gasteiger partial charge in [0.05, 0.1) is 0 Å². The maximum atomic E-state index is 2.64. The monoisotopic (exact) mass is 263 g/mol. The van der Waals surface area contributed by atoms with Crippen molar-refractivity contribution in [2.75, 3.05) is 7.05 Å². The molecule has 0 aliphatic heterocycles. The summed E-state index contributed by atoms with van der Waals surface area (Å²) in [6.45, 7) is 0. The molecule has 1 nitrogen and oxygen atoms in total. The summed E-state index contributed by atoms with van der Waals surface area (Å²) in [4.78, 5) is 2.64. The Bertz CT molecular complexity index is 526. The van der Waals surface area contributed by atoms with Crippen LogP contribution in [0.25, 0.3) is 0 Å². The Kier molecular flexibility index (Phi) is 2.89. The molecule has 102 valence electrons. The van der Waals surface area contributed by atoms with Crippen LogP contribution in [0.2, 0.25) is 0 Å². The second-order valence-electron chi connectivity index (χ2n) is 6.33. The zero-order valence-electron chi connectivity index (χ0n) is 12.0. The van der Waals surface area contributed by atoms with Crippen molar-refractivity contribution in [1.29, 1.82) is 0 Å². The molecule has 2 aliphatic carbocycles. The van der Waals surface area contributed by atoms with Crippen LogP contribution in [-0.2, 0) is 25.7 Å². The number of benzene rings is 2. The fourth-order valence-corrected chi connectivity index (χ4v) is 3.95. The third-order valence-electron chi connectivity index (χ3n) is 5.21. The van der Waals surface area contributed by atoms with Gasteiger partial charge in [-0.1, -0.05) is 48.5 Å². The van der Waals surface area contributed by atoms with Crippen molar-refractivity contribution in [3.05, 3.63) is 70.8 Å². The molecule has 20 heavy (non-hydrogen) atoms. The molecule has 0 saturated carbocycles. The van der Waals surface area contributed by atoms with Crippen LogP contribution in [0.1, 0.15) is 22.3 Å². The van der Waals surface area contributed by atoms with Crippen molar-refractivity contribution in [1.82, 2.24) is 4.90 Å². The van der Waals surface area contributed by atoms with E-state index in [2.05, 4.69) is 60.5 Å². The topological polar surface area (TPSA) is 3.24 Å². The smallest absolute Gasteiger partial charge is 0.0176 e. The summed E-state index contributed by atoms with van der Waals surface area (Å²) in [5, 5.41) is 0. The Morgan fingerprint density at radius 1 is 0.650 bits per heavy atom. The number of hydrogen-bond donors (Lipinski definition) is 0. The van der Waals surface area contributed by atoms with Gasteiger partial charge in [0.1, 0.15) is 0 Å². The fraction of sp³-hybridized carbons (Fsp3) is 0.368. The average Bonchev–Trinajstić information content (AvgIpc) is 3.10. The van der Waals surface area contributed by atoms with Crippen molar-refractivity contribution in [2.24, 2.45) is 0 Å². The molecule has 0 saturated heterocycles. The first kappa shape index (κ1) is 12.2. The lowest BCUT2D eigenvalue weighted by molar-refractivity contribution is 0.182. The second-order valence-corrected chi connectivity index (χ2v) is 6.33. The molecular weight excluding hydrogens is 242 g/mol. The predicted molar refractivity (Wildman–Crippen MR) is 83.0 cm³/mol. The molecule has 0 radical (unpaired) electrons. The molecule has 1 heteroatoms. The fourth-order valence-electron chi connectivity index (χ4n) is 3.95. The Morgan fingerprint density at radius 2 is 0.950 bits per heavy atom. The van der Waals surface area contributed by atoms with E-state index in [-0.39, 0.29) is 0 Å². The van der Waals surface area contributed by atoms with Crippen LogP contribution in [0.5, 0.6) is 0 Å². The number of nitrogens with zero attached hydrogens (tertiary/aromatic N) is 1. The predicted octanol–water partition coefficient (Wildman–Crippen LogP) is 3.25. The summed E-state index contributed by atoms with van der Waals surface area (Å²) < 4.78 is 0. The van der Waals surface area contributed by atoms with Gasteiger partial charge in [-0.05, 0) is 55.0 Å². The van der Waals surface area contributed by atoms with Crippen LogP contribution in [0, 0.1) is 0 Å². The van der Waals surface area contributed by atoms with Crippen LogP contribution in [0.15, 0.2) is 48.5 Å². The van der Waals surface area contributed by atoms with Crippen LogP contribution in [-0.4, -0.2) is 24.0 Å². The Balaban J connectivity index is 1.50. The van der Waals surface area contributed by atoms with Gasteiger partial charge < -0.3 is 0 Å². The third kappa shape index (κ3) is 1.97. The van der Waals surface area contributed by atoms with E-state index < -0.39 is 0 Å². The summed E-state index contributed by atoms with van der Waals surface area (Å²) >= 11 is 0. The summed E-state index contributed by atoms with van der Waals surface area (Å²) in [7, 11) is 2.33. The van der Waals surface area contributed by atoms with Crippen molar-refractivity contribution in [2.45, 2.75) is 37.8 Å². The maximum Gasteiger partial charge on any atom is 0.0176 e. The molecule has 0 heterocycles. The molecule has 2 aromatic rings. The first-order chi connectivity index (χ1) is 9.81. The first-order valence-corrected chi connectivity index (χ1v) is 7.67. The first-order valence-electron chi connectivity index (χ1n) is 7.67. The van der Waals surface area contributed by atoms with Crippen LogP contribution < -0.4 is 0 Å². The van der Waals surface area contributed by atoms with E-state index in [1.807, 2.05) is 0 Å². The standard InChI is InChI=1S/C19H21N/c1-20(18-10-14-6-2-3-7-15(14)11-18)19-12-16-8-4-5-9-17(16)13-19/h2-9,18-19H,10-13H2,1H3. The summed E-state index contributed by atoms with van der Waals surface area (Å²) in [5.74, 6) is 0. The van der Waals surface area contributed by atoms with Gasteiger partial charge in [-0.25, -0.2) is 0 Å². The van der Waals surface area contributed by atoms with Gasteiger partial charge in [-0.2, -0.15) is 0 Å². The van der Waals surface area contributed by atoms with Crippen molar-refractivity contribution in [3.8, 4) is 0 Å². The Labute approximate surface area is 121 Å². The quantitative estimate of drug-likeness (QED) is 0.804. The SMILES string of the molecule is CN(C1Cc2ccccc2C1)C1Cc2ccccc2C1. The average molecular weight is 263 g/mol. The molecule has 2 aliphatic rings. The minimum Gasteiger partial charge on any atom is -0.299 e. The van der Waals surface area contributed by atoms with Crippen LogP contribution in [0.3, 0.4) is 0 Å². The largest absolute Gasteiger partial charge is 0.299 e. The highest BCUT2D eigenvalue weighted by Crippen LogP contribution is 2.30. The lowest BCUT2D eigenvalue weighted by Gasteiger charge is -2.30. The summed E-state index contributed by atoms with van der Waals surface area (Å²) in [6, 6.07) is 19.3. The number of fused-ring (bicyclic) bond motifs is 2. The summed E-state index contributed by atoms with van der Waals surface area (Å²) in [5.41, 5.74) is 6.22. The van der Waals surface area contributed by atoms with E-state index in [1.165, 1.54) is 25.7 Å². The molecule has 0 fully saturated rings. The molecule has 0 aromatic heterocycles. The Morgan fingerprint density at radius 3 is 1.25 bits per heavy atom. The van der Waals surface area contributed by atoms with Crippen LogP contribution >= 0.6 is 0 Å². The van der Waals surface area contributed by atoms with E-state index >= 15 is 0 Å². The van der Waals surface area contributed by atoms with Gasteiger partial charge in [-0.3, -0.25) is 4.90 Å². The lowest BCUT2D eigenvalue weighted by atomic mass is 10.1. The molecule has 0 amide bonds. The van der Waals surface area contributed by atoms with Crippen molar-refractivity contribution in [3.63, 3.8) is 0 Å². The normalized spacial score (nSPS) is 18.5. The zero-order valence-corrected chi connectivity index (χ0v) is 12.0. The molecule has 4 rings (SSSR count). The van der Waals surface area contributed by atoms with Gasteiger partial charge in [0.2, 0.25) is 0 Å². The van der Waals surface area contributed by atoms with E-state index in [1.54, 1.807) is 22.3 Å². The van der Waals surface area contributed by atoms with Gasteiger partial charge in [0, 0.05) is 12.1 Å². The minimum absolute atomic E-state index is 0.687. The molecule has 0 spiro atoms. The zero-order chi connectivity index (χ0) is 13.5. The van der Waals surface area contributed by atoms with Gasteiger partial charge >= 0.3 is 0 Å². The van der Waals surface area contributed by atoms with Crippen LogP contribution in [0.4, 0.5) is 0 Å². The van der Waals surface area contributed by atoms with E-state index in [0.717, 1.165) is 0 Å². The molecule has 0 bridgehead atoms. The highest BCUT2D eigenvalue weighted by molar-refractivity contribution is 5.35. The lowest BCUT2D eigenvalue weighted by Crippen LogP contribution is -2.41. The number of likely N-dealkylation sites (N-methyl/N-ethyl adjacent to an activating group) is 1. The number of rotatable bonds is 2. The van der Waals surface area contributed by atoms with Crippen molar-refractivity contribution >= 4 is 0 Å². The molecule has 0 N–H and O–H groups in total. The van der Waals surface area contributed by atoms with Gasteiger partial charge in [0.15, 0.2) is 0 Å². The maximum absolute atomic E-state index is 2.64. The van der Waals surface area contributed by atoms with Gasteiger partial charge in [0.25, 0.3) is 0 Å². The number of hydrogen-bond acceptors (Lipinski definition) is 1. The molecule has 0 atom stereocenters. The van der Waals surface area contributed by atoms with Gasteiger partial charge in [-0.15, -0.1) is 0 Å². The summed E-state index contributed by atoms with van der Waals surface area (Å²) in [6.07, 6.45) is 4.89. The minimum atomic E-state index is 0.687. The molecule has 0 unspecified atom stereocenters. The van der Waals surface area contributed by atoms with E-state index in [9.17, 15) is 0 Å². The van der Waals surface area contributed by atoms with Crippen molar-refractivity contribution < 1.29 is 0 Å². The second kappa shape index (κ2) is 4.75.